The summed E-state index contributed by atoms with van der Waals surface area (Å²) >= 11 is 0. The smallest absolute Gasteiger partial charge is 0.0162 e. The molecule has 0 bridgehead atoms. The van der Waals surface area contributed by atoms with Crippen molar-refractivity contribution >= 4 is 0 Å². The molecule has 0 saturated carbocycles. The molecule has 0 unspecified atom stereocenters. The third-order valence-electron chi connectivity index (χ3n) is 0.462. The number of unbranched alkanes of at least 4 members (excludes halogenated alkanes) is 1. The van der Waals surface area contributed by atoms with Crippen LogP contribution in [0.1, 0.15) is 6.42 Å². The first-order valence-electron chi connectivity index (χ1n) is 1.95. The van der Waals surface area contributed by atoms with Crippen molar-refractivity contribution in [3.05, 3.63) is 6.42 Å². The number of hydrogen-bond acceptors (Lipinski definition) is 2. The van der Waals surface area contributed by atoms with Gasteiger partial charge in [-0.1, -0.05) is 6.61 Å². The van der Waals surface area contributed by atoms with Crippen LogP contribution in [0.15, 0.2) is 0 Å². The van der Waals surface area contributed by atoms with Gasteiger partial charge in [-0.2, -0.15) is 6.42 Å². The first-order chi connectivity index (χ1) is 2.91. The minimum Gasteiger partial charge on any atom is -0.428 e. The summed E-state index contributed by atoms with van der Waals surface area (Å²) in [4.78, 5) is 0. The average molecular weight is 148 g/mol. The Balaban J connectivity index is 0. The van der Waals surface area contributed by atoms with Crippen LogP contribution in [0.3, 0.4) is 0 Å². The summed E-state index contributed by atoms with van der Waals surface area (Å²) < 4.78 is 0. The molecule has 0 aromatic rings. The van der Waals surface area contributed by atoms with Gasteiger partial charge in [0.25, 0.3) is 0 Å². The molecule has 0 atom stereocenters. The Bertz CT molecular complexity index is 21.7. The van der Waals surface area contributed by atoms with Gasteiger partial charge in [0.05, 0.1) is 0 Å². The molecule has 0 saturated heterocycles. The average Bonchev–Trinajstić information content (AvgIpc) is 1.61. The molecule has 47 valence electrons. The molecule has 2 N–H and O–H groups in total. The SMILES string of the molecule is OC[CH-]CCO.[Co]. The monoisotopic (exact) mass is 148 g/mol. The van der Waals surface area contributed by atoms with Gasteiger partial charge in [0.15, 0.2) is 0 Å². The summed E-state index contributed by atoms with van der Waals surface area (Å²) in [6, 6.07) is 0. The van der Waals surface area contributed by atoms with E-state index in [1.807, 2.05) is 0 Å². The van der Waals surface area contributed by atoms with Crippen molar-refractivity contribution in [3.8, 4) is 0 Å². The molecule has 0 aromatic heterocycles. The third kappa shape index (κ3) is 10.7. The van der Waals surface area contributed by atoms with Crippen LogP contribution in [-0.4, -0.2) is 23.4 Å². The first kappa shape index (κ1) is 10.4. The van der Waals surface area contributed by atoms with Gasteiger partial charge in [0.2, 0.25) is 0 Å². The quantitative estimate of drug-likeness (QED) is 0.421. The topological polar surface area (TPSA) is 40.5 Å². The van der Waals surface area contributed by atoms with Crippen molar-refractivity contribution < 1.29 is 27.0 Å². The predicted octanol–water partition coefficient (Wildman–Crippen LogP) is -0.437. The van der Waals surface area contributed by atoms with Gasteiger partial charge in [-0.3, -0.25) is 0 Å². The zero-order valence-corrected chi connectivity index (χ0v) is 4.97. The maximum absolute atomic E-state index is 8.06. The number of aliphatic hydroxyl groups excluding tert-OH is 2. The second-order valence-corrected chi connectivity index (χ2v) is 0.984. The molecule has 0 heterocycles. The number of rotatable bonds is 3. The largest absolute Gasteiger partial charge is 0.428 e. The van der Waals surface area contributed by atoms with E-state index in [2.05, 4.69) is 0 Å². The fourth-order valence-electron chi connectivity index (χ4n) is 0.183. The van der Waals surface area contributed by atoms with Crippen molar-refractivity contribution in [1.29, 1.82) is 0 Å². The van der Waals surface area contributed by atoms with Crippen LogP contribution in [-0.2, 0) is 16.8 Å². The van der Waals surface area contributed by atoms with Crippen LogP contribution in [0, 0.1) is 6.42 Å². The van der Waals surface area contributed by atoms with Gasteiger partial charge in [-0.25, -0.2) is 0 Å². The molecule has 3 heteroatoms. The second kappa shape index (κ2) is 9.66. The molecule has 2 nitrogen and oxygen atoms in total. The summed E-state index contributed by atoms with van der Waals surface area (Å²) in [5.74, 6) is 0. The number of hydrogen-bond donors (Lipinski definition) is 2. The van der Waals surface area contributed by atoms with Crippen LogP contribution in [0.5, 0.6) is 0 Å². The zero-order valence-electron chi connectivity index (χ0n) is 3.93. The Morgan fingerprint density at radius 1 is 1.29 bits per heavy atom. The molecule has 0 aliphatic carbocycles. The molecule has 0 aliphatic rings. The second-order valence-electron chi connectivity index (χ2n) is 0.984. The maximum Gasteiger partial charge on any atom is 0.0162 e. The molecule has 0 aliphatic heterocycles. The molecule has 0 rings (SSSR count). The Labute approximate surface area is 53.7 Å². The van der Waals surface area contributed by atoms with Crippen molar-refractivity contribution in [2.75, 3.05) is 13.2 Å². The molecule has 0 aromatic carbocycles. The minimum absolute atomic E-state index is 0. The van der Waals surface area contributed by atoms with E-state index in [-0.39, 0.29) is 30.0 Å². The van der Waals surface area contributed by atoms with Crippen molar-refractivity contribution in [2.45, 2.75) is 6.42 Å². The molecule has 1 radical (unpaired) electrons. The van der Waals surface area contributed by atoms with Gasteiger partial charge in [0, 0.05) is 23.4 Å². The minimum atomic E-state index is 0. The Morgan fingerprint density at radius 3 is 2.00 bits per heavy atom. The maximum atomic E-state index is 8.06. The first-order valence-corrected chi connectivity index (χ1v) is 1.95. The van der Waals surface area contributed by atoms with Crippen molar-refractivity contribution in [1.82, 2.24) is 0 Å². The standard InChI is InChI=1S/C4H9O2.Co/c5-3-1-2-4-6;/h1,5-6H,2-4H2;/q-1;. The normalized spacial score (nSPS) is 7.71. The molecule has 0 amide bonds. The van der Waals surface area contributed by atoms with Gasteiger partial charge >= 0.3 is 0 Å². The Kier molecular flexibility index (Phi) is 14.4. The fraction of sp³-hybridized carbons (Fsp3) is 0.750. The van der Waals surface area contributed by atoms with E-state index in [1.165, 1.54) is 0 Å². The van der Waals surface area contributed by atoms with Crippen molar-refractivity contribution in [2.24, 2.45) is 0 Å². The zero-order chi connectivity index (χ0) is 4.83. The van der Waals surface area contributed by atoms with Gasteiger partial charge in [-0.15, -0.1) is 0 Å². The van der Waals surface area contributed by atoms with E-state index < -0.39 is 0 Å². The Morgan fingerprint density at radius 2 is 1.86 bits per heavy atom. The van der Waals surface area contributed by atoms with Crippen LogP contribution in [0.25, 0.3) is 0 Å². The van der Waals surface area contributed by atoms with E-state index >= 15 is 0 Å². The van der Waals surface area contributed by atoms with Crippen LogP contribution >= 0.6 is 0 Å². The molecular formula is C4H9CoO2-. The summed E-state index contributed by atoms with van der Waals surface area (Å²) in [5, 5.41) is 16.1. The van der Waals surface area contributed by atoms with E-state index in [0.29, 0.717) is 6.42 Å². The summed E-state index contributed by atoms with van der Waals surface area (Å²) in [5.41, 5.74) is 0. The number of aliphatic hydroxyl groups is 2. The van der Waals surface area contributed by atoms with E-state index in [0.717, 1.165) is 0 Å². The van der Waals surface area contributed by atoms with E-state index in [9.17, 15) is 0 Å². The van der Waals surface area contributed by atoms with E-state index in [1.54, 1.807) is 6.42 Å². The molecular weight excluding hydrogens is 139 g/mol. The predicted molar refractivity (Wildman–Crippen MR) is 23.1 cm³/mol. The Hall–Kier alpha value is 0.426. The third-order valence-corrected chi connectivity index (χ3v) is 0.462. The van der Waals surface area contributed by atoms with Gasteiger partial charge in [-0.05, 0) is 0 Å². The van der Waals surface area contributed by atoms with Gasteiger partial charge in [0.1, 0.15) is 0 Å². The summed E-state index contributed by atoms with van der Waals surface area (Å²) in [6.45, 7) is 0.209. The molecule has 7 heavy (non-hydrogen) atoms. The van der Waals surface area contributed by atoms with Crippen molar-refractivity contribution in [3.63, 3.8) is 0 Å². The van der Waals surface area contributed by atoms with Crippen LogP contribution in [0.2, 0.25) is 0 Å². The van der Waals surface area contributed by atoms with Crippen LogP contribution in [0.4, 0.5) is 0 Å². The van der Waals surface area contributed by atoms with Crippen LogP contribution < -0.4 is 0 Å². The molecule has 0 spiro atoms. The van der Waals surface area contributed by atoms with E-state index in [4.69, 9.17) is 10.2 Å². The fourth-order valence-corrected chi connectivity index (χ4v) is 0.183. The summed E-state index contributed by atoms with van der Waals surface area (Å²) in [7, 11) is 0. The molecule has 0 fully saturated rings. The van der Waals surface area contributed by atoms with Gasteiger partial charge < -0.3 is 16.6 Å². The summed E-state index contributed by atoms with van der Waals surface area (Å²) in [6.07, 6.45) is 2.20.